The molecule has 3 atom stereocenters. The van der Waals surface area contributed by atoms with Crippen molar-refractivity contribution in [2.45, 2.75) is 37.8 Å². The van der Waals surface area contributed by atoms with Gasteiger partial charge in [0.25, 0.3) is 0 Å². The number of carbonyl (C=O) groups is 3. The minimum atomic E-state index is -0.609. The highest BCUT2D eigenvalue weighted by Crippen LogP contribution is 2.25. The summed E-state index contributed by atoms with van der Waals surface area (Å²) in [7, 11) is 3.93. The summed E-state index contributed by atoms with van der Waals surface area (Å²) in [6, 6.07) is -0.761. The Bertz CT molecular complexity index is 370. The van der Waals surface area contributed by atoms with E-state index in [-0.39, 0.29) is 36.7 Å². The van der Waals surface area contributed by atoms with Gasteiger partial charge in [-0.25, -0.2) is 0 Å². The van der Waals surface area contributed by atoms with Gasteiger partial charge in [0.05, 0.1) is 34.2 Å². The minimum Gasteiger partial charge on any atom is -0.469 e. The molecule has 0 amide bonds. The van der Waals surface area contributed by atoms with E-state index in [1.807, 2.05) is 0 Å². The summed E-state index contributed by atoms with van der Waals surface area (Å²) in [4.78, 5) is 34.4. The van der Waals surface area contributed by atoms with E-state index in [1.54, 1.807) is 0 Å². The van der Waals surface area contributed by atoms with Gasteiger partial charge >= 0.3 is 17.9 Å². The van der Waals surface area contributed by atoms with Crippen molar-refractivity contribution in [3.8, 4) is 0 Å². The summed E-state index contributed by atoms with van der Waals surface area (Å²) in [6.45, 7) is 0. The van der Waals surface area contributed by atoms with E-state index in [2.05, 4.69) is 14.8 Å². The lowest BCUT2D eigenvalue weighted by Gasteiger charge is -2.35. The third kappa shape index (κ3) is 4.48. The molecule has 1 N–H and O–H groups in total. The zero-order valence-corrected chi connectivity index (χ0v) is 12.0. The van der Waals surface area contributed by atoms with E-state index in [0.29, 0.717) is 12.8 Å². The fourth-order valence-electron chi connectivity index (χ4n) is 2.41. The first kappa shape index (κ1) is 16.4. The van der Waals surface area contributed by atoms with E-state index < -0.39 is 12.0 Å². The smallest absolute Gasteiger partial charge is 0.323 e. The maximum atomic E-state index is 11.8. The first-order chi connectivity index (χ1) is 9.51. The van der Waals surface area contributed by atoms with Gasteiger partial charge in [0.1, 0.15) is 6.04 Å². The third-order valence-electron chi connectivity index (χ3n) is 3.52. The summed E-state index contributed by atoms with van der Waals surface area (Å²) >= 11 is 0. The van der Waals surface area contributed by atoms with E-state index in [1.165, 1.54) is 21.3 Å². The first-order valence-corrected chi connectivity index (χ1v) is 6.49. The van der Waals surface area contributed by atoms with Crippen LogP contribution in [0.15, 0.2) is 0 Å². The number of carbonyl (C=O) groups excluding carboxylic acids is 3. The van der Waals surface area contributed by atoms with Gasteiger partial charge in [-0.05, 0) is 18.8 Å². The Kier molecular flexibility index (Phi) is 6.44. The van der Waals surface area contributed by atoms with Crippen molar-refractivity contribution in [3.05, 3.63) is 0 Å². The highest BCUT2D eigenvalue weighted by molar-refractivity contribution is 5.78. The van der Waals surface area contributed by atoms with Crippen LogP contribution in [-0.2, 0) is 28.6 Å². The van der Waals surface area contributed by atoms with E-state index >= 15 is 0 Å². The number of nitrogens with one attached hydrogen (secondary N) is 1. The zero-order chi connectivity index (χ0) is 15.1. The number of ether oxygens (including phenoxy) is 3. The number of esters is 3. The lowest BCUT2D eigenvalue weighted by atomic mass is 9.84. The molecule has 7 nitrogen and oxygen atoms in total. The van der Waals surface area contributed by atoms with Crippen LogP contribution in [0.5, 0.6) is 0 Å². The Morgan fingerprint density at radius 3 is 2.10 bits per heavy atom. The lowest BCUT2D eigenvalue weighted by Crippen LogP contribution is -2.53. The topological polar surface area (TPSA) is 90.9 Å². The van der Waals surface area contributed by atoms with E-state index in [9.17, 15) is 14.4 Å². The van der Waals surface area contributed by atoms with Crippen molar-refractivity contribution in [1.82, 2.24) is 5.32 Å². The molecule has 1 saturated heterocycles. The maximum Gasteiger partial charge on any atom is 0.323 e. The van der Waals surface area contributed by atoms with Gasteiger partial charge in [-0.15, -0.1) is 0 Å². The quantitative estimate of drug-likeness (QED) is 0.563. The van der Waals surface area contributed by atoms with Gasteiger partial charge < -0.3 is 19.5 Å². The molecule has 1 aliphatic rings. The lowest BCUT2D eigenvalue weighted by molar-refractivity contribution is -0.150. The summed E-state index contributed by atoms with van der Waals surface area (Å²) in [6.07, 6.45) is 1.66. The summed E-state index contributed by atoms with van der Waals surface area (Å²) in [5.41, 5.74) is 0. The molecule has 20 heavy (non-hydrogen) atoms. The predicted octanol–water partition coefficient (Wildman–Crippen LogP) is 0.0224. The monoisotopic (exact) mass is 287 g/mol. The molecule has 0 aromatic heterocycles. The number of methoxy groups -OCH3 is 3. The second kappa shape index (κ2) is 7.84. The van der Waals surface area contributed by atoms with Crippen LogP contribution in [0, 0.1) is 5.92 Å². The van der Waals surface area contributed by atoms with Gasteiger partial charge in [-0.3, -0.25) is 14.4 Å². The summed E-state index contributed by atoms with van der Waals surface area (Å²) in [5.74, 6) is -1.33. The van der Waals surface area contributed by atoms with Crippen molar-refractivity contribution in [1.29, 1.82) is 0 Å². The third-order valence-corrected chi connectivity index (χ3v) is 3.52. The Morgan fingerprint density at radius 1 is 0.950 bits per heavy atom. The Hall–Kier alpha value is -1.63. The molecule has 0 saturated carbocycles. The van der Waals surface area contributed by atoms with Crippen LogP contribution in [0.25, 0.3) is 0 Å². The molecule has 114 valence electrons. The largest absolute Gasteiger partial charge is 0.469 e. The molecule has 1 heterocycles. The molecule has 0 unspecified atom stereocenters. The standard InChI is InChI=1S/C13H21NO6/c1-18-10(15)6-8-4-5-9(7-11(16)19-2)14-12(8)13(17)20-3/h8-9,12,14H,4-7H2,1-3H3/t8-,9+,12+/m1/s1. The summed E-state index contributed by atoms with van der Waals surface area (Å²) < 4.78 is 14.0. The van der Waals surface area contributed by atoms with Gasteiger partial charge in [-0.1, -0.05) is 0 Å². The Balaban J connectivity index is 2.68. The first-order valence-electron chi connectivity index (χ1n) is 6.49. The van der Waals surface area contributed by atoms with Crippen LogP contribution in [-0.4, -0.2) is 51.3 Å². The predicted molar refractivity (Wildman–Crippen MR) is 68.7 cm³/mol. The molecule has 0 bridgehead atoms. The maximum absolute atomic E-state index is 11.8. The van der Waals surface area contributed by atoms with Crippen molar-refractivity contribution < 1.29 is 28.6 Å². The van der Waals surface area contributed by atoms with E-state index in [4.69, 9.17) is 4.74 Å². The highest BCUT2D eigenvalue weighted by Gasteiger charge is 2.37. The van der Waals surface area contributed by atoms with Crippen LogP contribution >= 0.6 is 0 Å². The van der Waals surface area contributed by atoms with Crippen LogP contribution in [0.4, 0.5) is 0 Å². The molecule has 0 radical (unpaired) electrons. The average Bonchev–Trinajstić information content (AvgIpc) is 2.47. The second-order valence-corrected chi connectivity index (χ2v) is 4.76. The molecule has 0 spiro atoms. The SMILES string of the molecule is COC(=O)C[C@@H]1CC[C@H](CC(=O)OC)[C@@H](C(=O)OC)N1. The molecule has 1 rings (SSSR count). The van der Waals surface area contributed by atoms with Gasteiger partial charge in [-0.2, -0.15) is 0 Å². The minimum absolute atomic E-state index is 0.147. The number of piperidine rings is 1. The highest BCUT2D eigenvalue weighted by atomic mass is 16.5. The van der Waals surface area contributed by atoms with Crippen molar-refractivity contribution in [2.24, 2.45) is 5.92 Å². The Morgan fingerprint density at radius 2 is 1.55 bits per heavy atom. The summed E-state index contributed by atoms with van der Waals surface area (Å²) in [5, 5.41) is 3.07. The Labute approximate surface area is 117 Å². The molecule has 7 heteroatoms. The van der Waals surface area contributed by atoms with Gasteiger partial charge in [0.2, 0.25) is 0 Å². The second-order valence-electron chi connectivity index (χ2n) is 4.76. The van der Waals surface area contributed by atoms with Gasteiger partial charge in [0, 0.05) is 6.04 Å². The molecule has 1 fully saturated rings. The van der Waals surface area contributed by atoms with Crippen molar-refractivity contribution >= 4 is 17.9 Å². The van der Waals surface area contributed by atoms with Crippen LogP contribution in [0.3, 0.4) is 0 Å². The molecule has 0 aliphatic carbocycles. The molecule has 1 aliphatic heterocycles. The molecule has 0 aromatic carbocycles. The molecular weight excluding hydrogens is 266 g/mol. The number of hydrogen-bond acceptors (Lipinski definition) is 7. The van der Waals surface area contributed by atoms with Crippen molar-refractivity contribution in [3.63, 3.8) is 0 Å². The zero-order valence-electron chi connectivity index (χ0n) is 12.0. The molecule has 0 aromatic rings. The average molecular weight is 287 g/mol. The number of rotatable bonds is 5. The van der Waals surface area contributed by atoms with Crippen molar-refractivity contribution in [2.75, 3.05) is 21.3 Å². The number of hydrogen-bond donors (Lipinski definition) is 1. The van der Waals surface area contributed by atoms with Crippen LogP contribution < -0.4 is 5.32 Å². The van der Waals surface area contributed by atoms with Crippen LogP contribution in [0.2, 0.25) is 0 Å². The van der Waals surface area contributed by atoms with E-state index in [0.717, 1.165) is 0 Å². The normalized spacial score (nSPS) is 25.6. The van der Waals surface area contributed by atoms with Crippen LogP contribution in [0.1, 0.15) is 25.7 Å². The van der Waals surface area contributed by atoms with Gasteiger partial charge in [0.15, 0.2) is 0 Å². The molecular formula is C13H21NO6. The fourth-order valence-corrected chi connectivity index (χ4v) is 2.41. The fraction of sp³-hybridized carbons (Fsp3) is 0.769.